The molecule has 0 saturated heterocycles. The van der Waals surface area contributed by atoms with Crippen molar-refractivity contribution in [2.45, 2.75) is 252 Å². The average Bonchev–Trinajstić information content (AvgIpc) is 1.67. The maximum atomic E-state index is 5.37. The third-order valence-electron chi connectivity index (χ3n) is 16.5. The van der Waals surface area contributed by atoms with Gasteiger partial charge in [-0.2, -0.15) is 4.37 Å². The number of hydrogen-bond acceptors (Lipinski definition) is 16. The van der Waals surface area contributed by atoms with Crippen molar-refractivity contribution in [1.29, 1.82) is 0 Å². The van der Waals surface area contributed by atoms with Gasteiger partial charge in [0.25, 0.3) is 0 Å². The second-order valence-corrected chi connectivity index (χ2v) is 39.3. The van der Waals surface area contributed by atoms with Gasteiger partial charge in [0.2, 0.25) is 11.8 Å². The van der Waals surface area contributed by atoms with E-state index in [1.807, 2.05) is 37.7 Å². The van der Waals surface area contributed by atoms with E-state index in [0.29, 0.717) is 11.8 Å². The van der Waals surface area contributed by atoms with Gasteiger partial charge in [-0.3, -0.25) is 15.0 Å². The second-order valence-electron chi connectivity index (χ2n) is 36.7. The molecule has 0 spiro atoms. The van der Waals surface area contributed by atoms with Crippen molar-refractivity contribution in [3.8, 4) is 0 Å². The predicted octanol–water partition coefficient (Wildman–Crippen LogP) is 27.6. The van der Waals surface area contributed by atoms with Crippen molar-refractivity contribution in [2.75, 3.05) is 13.1 Å². The molecule has 0 amide bonds. The fourth-order valence-corrected chi connectivity index (χ4v) is 12.1. The number of allylic oxidation sites excluding steroid dienone is 7. The number of imidazole rings is 1. The number of oxazole rings is 2. The molecule has 0 atom stereocenters. The number of thiazole rings is 2. The van der Waals surface area contributed by atoms with E-state index in [9.17, 15) is 0 Å². The zero-order valence-electron chi connectivity index (χ0n) is 74.1. The first-order valence-corrected chi connectivity index (χ1v) is 40.2. The molecule has 10 rings (SSSR count). The van der Waals surface area contributed by atoms with Gasteiger partial charge in [-0.15, -0.1) is 22.7 Å². The van der Waals surface area contributed by atoms with Crippen LogP contribution >= 0.6 is 34.2 Å². The van der Waals surface area contributed by atoms with E-state index in [0.717, 1.165) is 86.6 Å². The van der Waals surface area contributed by atoms with E-state index in [1.54, 1.807) is 83.9 Å². The minimum Gasteiger partial charge on any atom is -0.445 e. The number of rotatable bonds is 10. The summed E-state index contributed by atoms with van der Waals surface area (Å²) in [6.45, 7) is 103. The van der Waals surface area contributed by atoms with Crippen LogP contribution in [-0.4, -0.2) is 69.2 Å². The minimum absolute atomic E-state index is 0.0360. The van der Waals surface area contributed by atoms with Crippen molar-refractivity contribution in [3.05, 3.63) is 239 Å². The fraction of sp³-hybridized carbons (Fsp3) is 0.468. The quantitative estimate of drug-likeness (QED) is 0.128. The number of aromatic nitrogens is 8. The van der Waals surface area contributed by atoms with Crippen molar-refractivity contribution in [3.63, 3.8) is 0 Å². The Morgan fingerprint density at radius 3 is 1.35 bits per heavy atom. The summed E-state index contributed by atoms with van der Waals surface area (Å²) in [5.41, 5.74) is 16.3. The van der Waals surface area contributed by atoms with Gasteiger partial charge in [0.15, 0.2) is 0 Å². The molecule has 7 aromatic heterocycles. The largest absolute Gasteiger partial charge is 0.445 e. The fourth-order valence-electron chi connectivity index (χ4n) is 9.49. The summed E-state index contributed by atoms with van der Waals surface area (Å²) in [6.07, 6.45) is 34.0. The number of hydrogen-bond donors (Lipinski definition) is 0. The second kappa shape index (κ2) is 43.4. The highest BCUT2D eigenvalue weighted by Gasteiger charge is 2.26. The average molecular weight is 1570 g/mol. The van der Waals surface area contributed by atoms with Crippen LogP contribution in [0.15, 0.2) is 189 Å². The Balaban J connectivity index is 0.000000617. The first-order valence-electron chi connectivity index (χ1n) is 37.7. The molecule has 14 nitrogen and oxygen atoms in total. The molecule has 0 fully saturated rings. The van der Waals surface area contributed by atoms with Gasteiger partial charge in [-0.25, -0.2) is 24.9 Å². The van der Waals surface area contributed by atoms with Crippen molar-refractivity contribution in [2.24, 2.45) is 38.3 Å². The van der Waals surface area contributed by atoms with Crippen LogP contribution < -0.4 is 0 Å². The number of nitrogens with zero attached hydrogens (tertiary/aromatic N) is 11. The zero-order chi connectivity index (χ0) is 85.7. The maximum Gasteiger partial charge on any atom is 0.218 e. The summed E-state index contributed by atoms with van der Waals surface area (Å²) in [5, 5.41) is 10.0. The van der Waals surface area contributed by atoms with E-state index in [4.69, 9.17) is 13.4 Å². The molecule has 0 aliphatic carbocycles. The van der Waals surface area contributed by atoms with E-state index in [-0.39, 0.29) is 54.1 Å². The van der Waals surface area contributed by atoms with Gasteiger partial charge in [0.05, 0.1) is 47.8 Å². The smallest absolute Gasteiger partial charge is 0.218 e. The first kappa shape index (κ1) is 100. The van der Waals surface area contributed by atoms with Crippen LogP contribution in [0.25, 0.3) is 42.5 Å². The van der Waals surface area contributed by atoms with Crippen molar-refractivity contribution < 1.29 is 13.4 Å². The Hall–Kier alpha value is -8.64. The van der Waals surface area contributed by atoms with Crippen LogP contribution in [0.4, 0.5) is 0 Å². The lowest BCUT2D eigenvalue weighted by Crippen LogP contribution is -2.16. The topological polar surface area (TPSA) is 172 Å². The summed E-state index contributed by atoms with van der Waals surface area (Å²) in [7, 11) is 2.02. The van der Waals surface area contributed by atoms with Crippen LogP contribution in [0.3, 0.4) is 0 Å². The predicted molar refractivity (Wildman–Crippen MR) is 490 cm³/mol. The van der Waals surface area contributed by atoms with Gasteiger partial charge in [-0.05, 0) is 122 Å². The molecule has 606 valence electrons. The summed E-state index contributed by atoms with van der Waals surface area (Å²) in [4.78, 5) is 35.4. The molecule has 7 aromatic rings. The highest BCUT2D eigenvalue weighted by Crippen LogP contribution is 2.34. The van der Waals surface area contributed by atoms with Crippen molar-refractivity contribution >= 4 is 93.9 Å². The summed E-state index contributed by atoms with van der Waals surface area (Å²) in [6, 6.07) is 0. The van der Waals surface area contributed by atoms with E-state index >= 15 is 0 Å². The number of aliphatic imine (C=N–C) groups is 3. The Morgan fingerprint density at radius 1 is 0.468 bits per heavy atom. The van der Waals surface area contributed by atoms with Crippen LogP contribution in [0.2, 0.25) is 0 Å². The highest BCUT2D eigenvalue weighted by molar-refractivity contribution is 7.12. The van der Waals surface area contributed by atoms with Crippen LogP contribution in [0, 0.1) is 16.2 Å². The Kier molecular flexibility index (Phi) is 39.3. The summed E-state index contributed by atoms with van der Waals surface area (Å²) in [5.74, 6) is 3.01. The molecular formula is C94H139N11O3S3. The summed E-state index contributed by atoms with van der Waals surface area (Å²) >= 11 is 4.85. The highest BCUT2D eigenvalue weighted by atomic mass is 32.1. The molecule has 0 radical (unpaired) electrons. The molecule has 10 heterocycles. The van der Waals surface area contributed by atoms with Gasteiger partial charge in [-0.1, -0.05) is 291 Å². The van der Waals surface area contributed by atoms with E-state index < -0.39 is 0 Å². The Bertz CT molecular complexity index is 4070. The molecule has 0 unspecified atom stereocenters. The molecular weight excluding hydrogens is 1430 g/mol. The van der Waals surface area contributed by atoms with Crippen LogP contribution in [-0.2, 0) is 45.0 Å². The van der Waals surface area contributed by atoms with Gasteiger partial charge in [0, 0.05) is 91.2 Å². The van der Waals surface area contributed by atoms with Gasteiger partial charge >= 0.3 is 0 Å². The van der Waals surface area contributed by atoms with Crippen LogP contribution in [0.1, 0.15) is 292 Å². The third-order valence-corrected chi connectivity index (χ3v) is 19.4. The molecule has 0 N–H and O–H groups in total. The minimum atomic E-state index is 0.0360. The van der Waals surface area contributed by atoms with Crippen molar-refractivity contribution in [1.82, 2.24) is 39.0 Å². The normalized spacial score (nSPS) is 13.4. The Morgan fingerprint density at radius 2 is 1.05 bits per heavy atom. The molecule has 0 saturated carbocycles. The lowest BCUT2D eigenvalue weighted by atomic mass is 9.84. The molecule has 3 aliphatic heterocycles. The zero-order valence-corrected chi connectivity index (χ0v) is 76.6. The SMILES string of the molecule is C=CC1=NC(C(C)(C)C)=CC1.C=CC1=NCC(C(C)(C)C)=C1.C=CC1=NCC=C1C(C)(C)C.C=Cc1nc(C(C)(C)C)co1.C=Cc1nc(C(C)(C)C)cs1.C=Cc1ncc(C(C)(C)C)n1C.C=Cc1ncc(C(C)(C)C)o1.C=Cc1ncc(C(C)(C)C)s1.C=Cc1nocc1C(C)(C)C.C=Cc1nscc1C(C)(C)C. The molecule has 3 aliphatic rings. The lowest BCUT2D eigenvalue weighted by molar-refractivity contribution is 0.403. The third kappa shape index (κ3) is 35.3. The monoisotopic (exact) mass is 1570 g/mol. The van der Waals surface area contributed by atoms with E-state index in [1.165, 1.54) is 44.5 Å². The van der Waals surface area contributed by atoms with Gasteiger partial charge < -0.3 is 17.9 Å². The summed E-state index contributed by atoms with van der Waals surface area (Å²) < 4.78 is 21.6. The molecule has 111 heavy (non-hydrogen) atoms. The maximum absolute atomic E-state index is 5.37. The standard InChI is InChI=1S/C10H16N2.3C10H15N.3C9H13NO.3C9H13NS/c1-6-9-11-7-8(12(9)5)10(2,3)4;1-5-9-6-8(7-11-9)10(2,3)4;1-5-9-8(6-7-11-9)10(2,3)4;1-5-8-6-7-9(11-8)10(2,3)4;1-5-8-10-7(6-11-8)9(2,3)4;1-5-8-10-6-7(11-8)9(2,3)4;1-5-8-7(6-11-10-8)9(2,3)4;1-5-8-10-7(6-11-8)9(2,3)4;1-5-8-10-6-7(11-8)9(2,3)4;1-5-8-7(6-11-10-8)9(2,3)4/h6-7H,1H2,2-5H3;2*5-6H,1,7H2,2-4H3;5,7H,1,6H2,2-4H3;6*5-6H,1H2,2-4H3. The van der Waals surface area contributed by atoms with Gasteiger partial charge in [0.1, 0.15) is 39.8 Å². The molecule has 17 heteroatoms. The molecule has 0 aromatic carbocycles. The van der Waals surface area contributed by atoms with E-state index in [2.05, 4.69) is 356 Å². The first-order chi connectivity index (χ1) is 50.8. The molecule has 0 bridgehead atoms. The van der Waals surface area contributed by atoms with Crippen LogP contribution in [0.5, 0.6) is 0 Å². The Labute approximate surface area is 684 Å². The lowest BCUT2D eigenvalue weighted by Gasteiger charge is -2.20.